The Morgan fingerprint density at radius 1 is 1.16 bits per heavy atom. The molecule has 0 radical (unpaired) electrons. The van der Waals surface area contributed by atoms with Gasteiger partial charge in [-0.05, 0) is 39.1 Å². The van der Waals surface area contributed by atoms with Crippen LogP contribution in [0.25, 0.3) is 0 Å². The van der Waals surface area contributed by atoms with Gasteiger partial charge in [-0.3, -0.25) is 9.59 Å². The second-order valence-corrected chi connectivity index (χ2v) is 7.63. The van der Waals surface area contributed by atoms with Gasteiger partial charge in [0, 0.05) is 49.9 Å². The van der Waals surface area contributed by atoms with Crippen molar-refractivity contribution in [2.24, 2.45) is 0 Å². The first-order valence-electron chi connectivity index (χ1n) is 9.91. The molecule has 3 rings (SSSR count). The lowest BCUT2D eigenvalue weighted by Crippen LogP contribution is -2.34. The van der Waals surface area contributed by atoms with E-state index in [4.69, 9.17) is 14.3 Å². The molecule has 32 heavy (non-hydrogen) atoms. The van der Waals surface area contributed by atoms with Gasteiger partial charge in [0.15, 0.2) is 5.76 Å². The number of aromatic nitrogens is 1. The number of aliphatic carboxylic acids is 1. The Kier molecular flexibility index (Phi) is 8.25. The molecule has 2 aromatic heterocycles. The Bertz CT molecular complexity index is 1010. The van der Waals surface area contributed by atoms with Crippen LogP contribution >= 0.6 is 0 Å². The van der Waals surface area contributed by atoms with Crippen molar-refractivity contribution in [3.8, 4) is 0 Å². The van der Waals surface area contributed by atoms with Gasteiger partial charge in [0.25, 0.3) is 11.5 Å². The molecule has 1 aliphatic heterocycles. The molecule has 0 atom stereocenters. The molecular formula is C21H26F3N3O5. The number of carboxylic acid groups (broad SMARTS) is 1. The summed E-state index contributed by atoms with van der Waals surface area (Å²) in [5.74, 6) is -2.42. The summed E-state index contributed by atoms with van der Waals surface area (Å²) in [5, 5.41) is 7.12. The van der Waals surface area contributed by atoms with Crippen LogP contribution in [-0.4, -0.2) is 71.3 Å². The highest BCUT2D eigenvalue weighted by Crippen LogP contribution is 2.18. The Labute approximate surface area is 182 Å². The first-order chi connectivity index (χ1) is 14.9. The number of amides is 1. The predicted octanol–water partition coefficient (Wildman–Crippen LogP) is 2.19. The van der Waals surface area contributed by atoms with E-state index in [1.54, 1.807) is 18.4 Å². The molecule has 1 aliphatic rings. The Hall–Kier alpha value is -3.08. The van der Waals surface area contributed by atoms with E-state index in [9.17, 15) is 22.8 Å². The molecule has 0 saturated heterocycles. The molecular weight excluding hydrogens is 431 g/mol. The van der Waals surface area contributed by atoms with E-state index in [1.807, 2.05) is 36.6 Å². The molecule has 2 aromatic rings. The van der Waals surface area contributed by atoms with Crippen LogP contribution in [0.15, 0.2) is 33.7 Å². The fourth-order valence-corrected chi connectivity index (χ4v) is 3.28. The van der Waals surface area contributed by atoms with Crippen LogP contribution in [0, 0.1) is 6.92 Å². The number of furan rings is 1. The zero-order valence-corrected chi connectivity index (χ0v) is 18.1. The monoisotopic (exact) mass is 457 g/mol. The number of hydrogen-bond acceptors (Lipinski definition) is 5. The molecule has 0 aromatic carbocycles. The third-order valence-electron chi connectivity index (χ3n) is 5.02. The summed E-state index contributed by atoms with van der Waals surface area (Å²) >= 11 is 0. The fraction of sp³-hybridized carbons (Fsp3) is 0.476. The van der Waals surface area contributed by atoms with Crippen molar-refractivity contribution in [3.63, 3.8) is 0 Å². The third kappa shape index (κ3) is 6.46. The minimum Gasteiger partial charge on any atom is -0.475 e. The van der Waals surface area contributed by atoms with Crippen LogP contribution in [0.4, 0.5) is 13.2 Å². The second kappa shape index (κ2) is 10.5. The molecule has 0 fully saturated rings. The van der Waals surface area contributed by atoms with Crippen molar-refractivity contribution in [2.45, 2.75) is 32.5 Å². The quantitative estimate of drug-likeness (QED) is 0.756. The second-order valence-electron chi connectivity index (χ2n) is 7.63. The molecule has 0 saturated carbocycles. The number of alkyl halides is 3. The number of carbonyl (C=O) groups excluding carboxylic acids is 1. The smallest absolute Gasteiger partial charge is 0.475 e. The normalized spacial score (nSPS) is 13.8. The van der Waals surface area contributed by atoms with Crippen molar-refractivity contribution in [1.29, 1.82) is 0 Å². The van der Waals surface area contributed by atoms with E-state index in [-0.39, 0.29) is 11.5 Å². The van der Waals surface area contributed by atoms with Gasteiger partial charge >= 0.3 is 12.1 Å². The van der Waals surface area contributed by atoms with Crippen LogP contribution in [0.1, 0.15) is 27.4 Å². The fourth-order valence-electron chi connectivity index (χ4n) is 3.28. The molecule has 8 nitrogen and oxygen atoms in total. The highest BCUT2D eigenvalue weighted by molar-refractivity contribution is 5.92. The van der Waals surface area contributed by atoms with Crippen LogP contribution < -0.4 is 5.56 Å². The predicted molar refractivity (Wildman–Crippen MR) is 110 cm³/mol. The zero-order valence-electron chi connectivity index (χ0n) is 18.1. The van der Waals surface area contributed by atoms with Gasteiger partial charge in [-0.1, -0.05) is 6.07 Å². The Balaban J connectivity index is 0.000000451. The van der Waals surface area contributed by atoms with Gasteiger partial charge in [0.05, 0.1) is 6.26 Å². The van der Waals surface area contributed by atoms with Crippen LogP contribution in [0.3, 0.4) is 0 Å². The zero-order chi connectivity index (χ0) is 24.1. The number of nitrogens with zero attached hydrogens (tertiary/aromatic N) is 3. The SMILES string of the molecule is Cc1ccoc1C(=O)N1CCc2ccc(=O)n(CCN(C)C)c2CC1.O=C(O)C(F)(F)F. The summed E-state index contributed by atoms with van der Waals surface area (Å²) in [5.41, 5.74) is 3.10. The van der Waals surface area contributed by atoms with Gasteiger partial charge in [0.1, 0.15) is 0 Å². The maximum absolute atomic E-state index is 12.7. The van der Waals surface area contributed by atoms with Crippen LogP contribution in [0.5, 0.6) is 0 Å². The van der Waals surface area contributed by atoms with Gasteiger partial charge in [-0.15, -0.1) is 0 Å². The summed E-state index contributed by atoms with van der Waals surface area (Å²) in [7, 11) is 4.00. The van der Waals surface area contributed by atoms with Crippen molar-refractivity contribution < 1.29 is 32.3 Å². The molecule has 11 heteroatoms. The molecule has 3 heterocycles. The molecule has 0 aliphatic carbocycles. The maximum Gasteiger partial charge on any atom is 0.490 e. The average Bonchev–Trinajstić information content (AvgIpc) is 3.01. The van der Waals surface area contributed by atoms with Gasteiger partial charge in [-0.2, -0.15) is 13.2 Å². The Morgan fingerprint density at radius 2 is 1.78 bits per heavy atom. The van der Waals surface area contributed by atoms with Crippen molar-refractivity contribution in [3.05, 3.63) is 57.4 Å². The number of fused-ring (bicyclic) bond motifs is 1. The standard InChI is InChI=1S/C19H25N3O3.C2HF3O2/c1-14-8-13-25-18(14)19(24)21-9-6-15-4-5-17(23)22(12-11-20(2)3)16(15)7-10-21;3-2(4,5)1(6)7/h4-5,8,13H,6-7,9-12H2,1-3H3;(H,6,7). The van der Waals surface area contributed by atoms with Gasteiger partial charge in [0.2, 0.25) is 0 Å². The minimum atomic E-state index is -5.08. The summed E-state index contributed by atoms with van der Waals surface area (Å²) in [6, 6.07) is 5.36. The highest BCUT2D eigenvalue weighted by Gasteiger charge is 2.38. The first-order valence-corrected chi connectivity index (χ1v) is 9.91. The minimum absolute atomic E-state index is 0.0299. The van der Waals surface area contributed by atoms with Crippen molar-refractivity contribution in [2.75, 3.05) is 33.7 Å². The van der Waals surface area contributed by atoms with E-state index in [1.165, 1.54) is 0 Å². The number of carbonyl (C=O) groups is 2. The molecule has 1 amide bonds. The molecule has 1 N–H and O–H groups in total. The Morgan fingerprint density at radius 3 is 2.31 bits per heavy atom. The number of pyridine rings is 1. The molecule has 0 spiro atoms. The average molecular weight is 457 g/mol. The largest absolute Gasteiger partial charge is 0.490 e. The first kappa shape index (κ1) is 25.2. The van der Waals surface area contributed by atoms with E-state index in [0.29, 0.717) is 31.8 Å². The van der Waals surface area contributed by atoms with E-state index >= 15 is 0 Å². The van der Waals surface area contributed by atoms with E-state index in [2.05, 4.69) is 4.90 Å². The van der Waals surface area contributed by atoms with Crippen molar-refractivity contribution in [1.82, 2.24) is 14.4 Å². The molecule has 0 bridgehead atoms. The van der Waals surface area contributed by atoms with E-state index < -0.39 is 12.1 Å². The van der Waals surface area contributed by atoms with E-state index in [0.717, 1.165) is 29.8 Å². The summed E-state index contributed by atoms with van der Waals surface area (Å²) in [4.78, 5) is 37.8. The highest BCUT2D eigenvalue weighted by atomic mass is 19.4. The van der Waals surface area contributed by atoms with Gasteiger partial charge < -0.3 is 23.9 Å². The number of likely N-dealkylation sites (N-methyl/N-ethyl adjacent to an activating group) is 1. The maximum atomic E-state index is 12.7. The third-order valence-corrected chi connectivity index (χ3v) is 5.02. The lowest BCUT2D eigenvalue weighted by Gasteiger charge is -2.19. The number of halogens is 3. The molecule has 176 valence electrons. The van der Waals surface area contributed by atoms with Crippen LogP contribution in [0.2, 0.25) is 0 Å². The molecule has 0 unspecified atom stereocenters. The topological polar surface area (TPSA) is 96.0 Å². The summed E-state index contributed by atoms with van der Waals surface area (Å²) in [6.45, 7) is 4.59. The van der Waals surface area contributed by atoms with Crippen molar-refractivity contribution >= 4 is 11.9 Å². The summed E-state index contributed by atoms with van der Waals surface area (Å²) < 4.78 is 39.0. The number of hydrogen-bond donors (Lipinski definition) is 1. The lowest BCUT2D eigenvalue weighted by atomic mass is 10.1. The number of carboxylic acids is 1. The van der Waals surface area contributed by atoms with Gasteiger partial charge in [-0.25, -0.2) is 4.79 Å². The summed E-state index contributed by atoms with van der Waals surface area (Å²) in [6.07, 6.45) is -2.10. The lowest BCUT2D eigenvalue weighted by molar-refractivity contribution is -0.192. The number of rotatable bonds is 4. The van der Waals surface area contributed by atoms with Crippen LogP contribution in [-0.2, 0) is 24.2 Å². The number of aryl methyl sites for hydroxylation is 1.